The molecular formula is C23H31F3N2O4. The summed E-state index contributed by atoms with van der Waals surface area (Å²) in [5.41, 5.74) is 1.36. The van der Waals surface area contributed by atoms with Gasteiger partial charge in [0.2, 0.25) is 5.91 Å². The van der Waals surface area contributed by atoms with Crippen LogP contribution in [0.1, 0.15) is 56.9 Å². The van der Waals surface area contributed by atoms with Crippen LogP contribution in [0.15, 0.2) is 30.3 Å². The monoisotopic (exact) mass is 456 g/mol. The van der Waals surface area contributed by atoms with Crippen molar-refractivity contribution in [3.63, 3.8) is 0 Å². The summed E-state index contributed by atoms with van der Waals surface area (Å²) in [7, 11) is 0. The number of ether oxygens (including phenoxy) is 1. The summed E-state index contributed by atoms with van der Waals surface area (Å²) in [6.45, 7) is 2.57. The molecule has 2 heterocycles. The van der Waals surface area contributed by atoms with Gasteiger partial charge in [-0.1, -0.05) is 30.3 Å². The molecule has 2 aliphatic heterocycles. The van der Waals surface area contributed by atoms with Gasteiger partial charge in [0, 0.05) is 43.8 Å². The van der Waals surface area contributed by atoms with E-state index in [2.05, 4.69) is 34.5 Å². The zero-order valence-electron chi connectivity index (χ0n) is 18.1. The normalized spacial score (nSPS) is 26.7. The highest BCUT2D eigenvalue weighted by molar-refractivity contribution is 5.79. The molecule has 2 saturated heterocycles. The minimum Gasteiger partial charge on any atom is -0.475 e. The number of carboxylic acids is 1. The number of rotatable bonds is 4. The average molecular weight is 457 g/mol. The molecule has 9 heteroatoms. The fourth-order valence-electron chi connectivity index (χ4n) is 4.94. The molecular weight excluding hydrogens is 425 g/mol. The molecule has 0 bridgehead atoms. The van der Waals surface area contributed by atoms with Crippen LogP contribution in [-0.4, -0.2) is 58.9 Å². The number of carbonyl (C=O) groups excluding carboxylic acids is 1. The standard InChI is InChI=1S/C21H30N2O2.C2HF3O2/c24-20-8-13-21(23(20)16-17-4-2-1-3-5-17)11-6-18(7-12-21)22-19-9-14-25-15-10-19;3-2(4,5)1(6)7/h1-5,18-19,22H,6-16H2;(H,6,7). The van der Waals surface area contributed by atoms with Crippen molar-refractivity contribution >= 4 is 11.9 Å². The molecule has 1 aliphatic carbocycles. The second kappa shape index (κ2) is 10.7. The van der Waals surface area contributed by atoms with E-state index in [-0.39, 0.29) is 5.54 Å². The molecule has 1 spiro atoms. The smallest absolute Gasteiger partial charge is 0.475 e. The fraction of sp³-hybridized carbons (Fsp3) is 0.652. The van der Waals surface area contributed by atoms with Crippen molar-refractivity contribution in [3.8, 4) is 0 Å². The lowest BCUT2D eigenvalue weighted by molar-refractivity contribution is -0.192. The van der Waals surface area contributed by atoms with Gasteiger partial charge in [-0.25, -0.2) is 4.79 Å². The van der Waals surface area contributed by atoms with Gasteiger partial charge in [0.15, 0.2) is 0 Å². The lowest BCUT2D eigenvalue weighted by Crippen LogP contribution is -2.52. The lowest BCUT2D eigenvalue weighted by Gasteiger charge is -2.45. The van der Waals surface area contributed by atoms with E-state index in [1.165, 1.54) is 18.4 Å². The van der Waals surface area contributed by atoms with Crippen LogP contribution in [0.3, 0.4) is 0 Å². The molecule has 1 aromatic carbocycles. The molecule has 6 nitrogen and oxygen atoms in total. The molecule has 1 amide bonds. The zero-order chi connectivity index (χ0) is 23.2. The number of nitrogens with zero attached hydrogens (tertiary/aromatic N) is 1. The summed E-state index contributed by atoms with van der Waals surface area (Å²) in [5.74, 6) is -2.41. The second-order valence-corrected chi connectivity index (χ2v) is 8.82. The molecule has 3 fully saturated rings. The van der Waals surface area contributed by atoms with E-state index in [4.69, 9.17) is 14.6 Å². The Balaban J connectivity index is 0.000000360. The minimum atomic E-state index is -5.08. The number of hydrogen-bond donors (Lipinski definition) is 2. The first kappa shape index (κ1) is 24.5. The number of aliphatic carboxylic acids is 1. The average Bonchev–Trinajstić information content (AvgIpc) is 3.06. The Labute approximate surface area is 186 Å². The highest BCUT2D eigenvalue weighted by Crippen LogP contribution is 2.43. The Hall–Kier alpha value is -2.13. The van der Waals surface area contributed by atoms with Crippen LogP contribution in [0.2, 0.25) is 0 Å². The summed E-state index contributed by atoms with van der Waals surface area (Å²) in [5, 5.41) is 11.0. The van der Waals surface area contributed by atoms with Crippen LogP contribution in [0.5, 0.6) is 0 Å². The number of carbonyl (C=O) groups is 2. The molecule has 4 rings (SSSR count). The molecule has 1 aromatic rings. The largest absolute Gasteiger partial charge is 0.490 e. The summed E-state index contributed by atoms with van der Waals surface area (Å²) >= 11 is 0. The first-order valence-electron chi connectivity index (χ1n) is 11.2. The van der Waals surface area contributed by atoms with E-state index < -0.39 is 12.1 Å². The third kappa shape index (κ3) is 6.45. The SMILES string of the molecule is O=C(O)C(F)(F)F.O=C1CCC2(CCC(NC3CCOCC3)CC2)N1Cc1ccccc1. The maximum Gasteiger partial charge on any atom is 0.490 e. The minimum absolute atomic E-state index is 0.112. The number of alkyl halides is 3. The van der Waals surface area contributed by atoms with Crippen LogP contribution in [0.25, 0.3) is 0 Å². The topological polar surface area (TPSA) is 78.9 Å². The Bertz CT molecular complexity index is 758. The predicted octanol–water partition coefficient (Wildman–Crippen LogP) is 3.89. The highest BCUT2D eigenvalue weighted by Gasteiger charge is 2.47. The molecule has 3 aliphatic rings. The van der Waals surface area contributed by atoms with Crippen molar-refractivity contribution in [2.75, 3.05) is 13.2 Å². The van der Waals surface area contributed by atoms with Crippen molar-refractivity contribution in [1.29, 1.82) is 0 Å². The van der Waals surface area contributed by atoms with E-state index in [0.717, 1.165) is 58.3 Å². The van der Waals surface area contributed by atoms with Crippen molar-refractivity contribution < 1.29 is 32.6 Å². The van der Waals surface area contributed by atoms with Crippen molar-refractivity contribution in [3.05, 3.63) is 35.9 Å². The van der Waals surface area contributed by atoms with Gasteiger partial charge in [-0.3, -0.25) is 4.79 Å². The molecule has 32 heavy (non-hydrogen) atoms. The third-order valence-electron chi connectivity index (χ3n) is 6.71. The van der Waals surface area contributed by atoms with Gasteiger partial charge in [0.1, 0.15) is 0 Å². The highest BCUT2D eigenvalue weighted by atomic mass is 19.4. The lowest BCUT2D eigenvalue weighted by atomic mass is 9.77. The van der Waals surface area contributed by atoms with Crippen LogP contribution in [-0.2, 0) is 20.9 Å². The zero-order valence-corrected chi connectivity index (χ0v) is 18.1. The summed E-state index contributed by atoms with van der Waals surface area (Å²) < 4.78 is 37.2. The van der Waals surface area contributed by atoms with E-state index in [1.54, 1.807) is 0 Å². The number of nitrogens with one attached hydrogen (secondary N) is 1. The van der Waals surface area contributed by atoms with Gasteiger partial charge in [-0.05, 0) is 50.5 Å². The summed E-state index contributed by atoms with van der Waals surface area (Å²) in [6, 6.07) is 11.7. The van der Waals surface area contributed by atoms with E-state index in [9.17, 15) is 18.0 Å². The van der Waals surface area contributed by atoms with Gasteiger partial charge in [0.25, 0.3) is 0 Å². The summed E-state index contributed by atoms with van der Waals surface area (Å²) in [4.78, 5) is 23.6. The van der Waals surface area contributed by atoms with E-state index in [1.807, 2.05) is 6.07 Å². The quantitative estimate of drug-likeness (QED) is 0.719. The number of halogens is 3. The molecule has 0 unspecified atom stereocenters. The Morgan fingerprint density at radius 1 is 1.06 bits per heavy atom. The maximum absolute atomic E-state index is 12.5. The van der Waals surface area contributed by atoms with Gasteiger partial charge in [-0.2, -0.15) is 13.2 Å². The number of hydrogen-bond acceptors (Lipinski definition) is 4. The van der Waals surface area contributed by atoms with Gasteiger partial charge in [0.05, 0.1) is 0 Å². The molecule has 2 N–H and O–H groups in total. The van der Waals surface area contributed by atoms with Crippen molar-refractivity contribution in [1.82, 2.24) is 10.2 Å². The number of likely N-dealkylation sites (tertiary alicyclic amines) is 1. The van der Waals surface area contributed by atoms with E-state index >= 15 is 0 Å². The Kier molecular flexibility index (Phi) is 8.16. The first-order chi connectivity index (χ1) is 15.2. The Morgan fingerprint density at radius 3 is 2.19 bits per heavy atom. The molecule has 0 atom stereocenters. The van der Waals surface area contributed by atoms with Gasteiger partial charge >= 0.3 is 12.1 Å². The van der Waals surface area contributed by atoms with E-state index in [0.29, 0.717) is 18.0 Å². The second-order valence-electron chi connectivity index (χ2n) is 8.82. The number of amides is 1. The van der Waals surface area contributed by atoms with Gasteiger partial charge < -0.3 is 20.1 Å². The van der Waals surface area contributed by atoms with Crippen LogP contribution in [0, 0.1) is 0 Å². The first-order valence-corrected chi connectivity index (χ1v) is 11.2. The van der Waals surface area contributed by atoms with Gasteiger partial charge in [-0.15, -0.1) is 0 Å². The summed E-state index contributed by atoms with van der Waals surface area (Å²) in [6.07, 6.45) is 3.64. The van der Waals surface area contributed by atoms with Crippen molar-refractivity contribution in [2.24, 2.45) is 0 Å². The maximum atomic E-state index is 12.5. The van der Waals surface area contributed by atoms with Crippen LogP contribution >= 0.6 is 0 Å². The number of benzene rings is 1. The molecule has 1 saturated carbocycles. The third-order valence-corrected chi connectivity index (χ3v) is 6.71. The fourth-order valence-corrected chi connectivity index (χ4v) is 4.94. The predicted molar refractivity (Wildman–Crippen MR) is 112 cm³/mol. The number of carboxylic acid groups (broad SMARTS) is 1. The Morgan fingerprint density at radius 2 is 1.62 bits per heavy atom. The van der Waals surface area contributed by atoms with Crippen LogP contribution < -0.4 is 5.32 Å². The van der Waals surface area contributed by atoms with Crippen molar-refractivity contribution in [2.45, 2.75) is 81.7 Å². The molecule has 0 aromatic heterocycles. The van der Waals surface area contributed by atoms with Crippen LogP contribution in [0.4, 0.5) is 13.2 Å². The molecule has 0 radical (unpaired) electrons. The molecule has 178 valence electrons.